The molecule has 0 aromatic heterocycles. The van der Waals surface area contributed by atoms with Crippen LogP contribution in [0.3, 0.4) is 0 Å². The molecule has 1 nitrogen and oxygen atoms in total. The Morgan fingerprint density at radius 1 is 0.821 bits per heavy atom. The Hall–Kier alpha value is -1.86. The number of benzene rings is 2. The molecular formula is C27H36O. The normalized spacial score (nSPS) is 19.9. The molecule has 28 heavy (non-hydrogen) atoms. The molecule has 2 aromatic carbocycles. The van der Waals surface area contributed by atoms with E-state index in [4.69, 9.17) is 4.74 Å². The summed E-state index contributed by atoms with van der Waals surface area (Å²) < 4.78 is 5.19. The minimum Gasteiger partial charge on any atom is -0.380 e. The van der Waals surface area contributed by atoms with Gasteiger partial charge in [0.15, 0.2) is 0 Å². The Balaban J connectivity index is 1.39. The highest BCUT2D eigenvalue weighted by molar-refractivity contribution is 5.63. The van der Waals surface area contributed by atoms with Gasteiger partial charge in [0.2, 0.25) is 0 Å². The number of rotatable bonds is 9. The van der Waals surface area contributed by atoms with Crippen LogP contribution < -0.4 is 0 Å². The fourth-order valence-corrected chi connectivity index (χ4v) is 4.53. The summed E-state index contributed by atoms with van der Waals surface area (Å²) in [4.78, 5) is 0. The molecule has 0 N–H and O–H groups in total. The molecule has 0 saturated heterocycles. The highest BCUT2D eigenvalue weighted by Crippen LogP contribution is 2.32. The molecule has 0 amide bonds. The van der Waals surface area contributed by atoms with E-state index in [1.807, 2.05) is 0 Å². The average molecular weight is 377 g/mol. The topological polar surface area (TPSA) is 9.23 Å². The van der Waals surface area contributed by atoms with Crippen molar-refractivity contribution in [1.82, 2.24) is 0 Å². The summed E-state index contributed by atoms with van der Waals surface area (Å²) in [6, 6.07) is 17.8. The van der Waals surface area contributed by atoms with Crippen molar-refractivity contribution in [2.75, 3.05) is 7.11 Å². The summed E-state index contributed by atoms with van der Waals surface area (Å²) in [5.41, 5.74) is 5.26. The first-order valence-electron chi connectivity index (χ1n) is 11.1. The maximum Gasteiger partial charge on any atom is 0.0713 e. The van der Waals surface area contributed by atoms with Crippen LogP contribution in [0.25, 0.3) is 11.1 Å². The van der Waals surface area contributed by atoms with Crippen LogP contribution >= 0.6 is 0 Å². The SMILES string of the molecule is C/C=C/C1CCC(CCCCc2ccc(-c3ccc(COC)cc3)cc2)CC1. The Kier molecular flexibility index (Phi) is 8.36. The summed E-state index contributed by atoms with van der Waals surface area (Å²) in [5, 5.41) is 0. The smallest absolute Gasteiger partial charge is 0.0713 e. The number of unbranched alkanes of at least 4 members (excludes halogenated alkanes) is 1. The lowest BCUT2D eigenvalue weighted by Gasteiger charge is -2.26. The lowest BCUT2D eigenvalue weighted by Crippen LogP contribution is -2.13. The molecule has 0 spiro atoms. The zero-order valence-electron chi connectivity index (χ0n) is 17.7. The number of aryl methyl sites for hydroxylation is 1. The van der Waals surface area contributed by atoms with Gasteiger partial charge in [-0.2, -0.15) is 0 Å². The lowest BCUT2D eigenvalue weighted by molar-refractivity contribution is 0.185. The van der Waals surface area contributed by atoms with Crippen molar-refractivity contribution in [2.45, 2.75) is 64.9 Å². The molecule has 1 aliphatic rings. The van der Waals surface area contributed by atoms with Gasteiger partial charge in [0.1, 0.15) is 0 Å². The van der Waals surface area contributed by atoms with E-state index >= 15 is 0 Å². The van der Waals surface area contributed by atoms with Crippen molar-refractivity contribution in [3.63, 3.8) is 0 Å². The highest BCUT2D eigenvalue weighted by Gasteiger charge is 2.18. The predicted octanol–water partition coefficient (Wildman–Crippen LogP) is 7.60. The first-order chi connectivity index (χ1) is 13.8. The Morgan fingerprint density at radius 2 is 1.43 bits per heavy atom. The van der Waals surface area contributed by atoms with Gasteiger partial charge in [-0.1, -0.05) is 73.5 Å². The van der Waals surface area contributed by atoms with E-state index in [9.17, 15) is 0 Å². The molecule has 0 bridgehead atoms. The van der Waals surface area contributed by atoms with E-state index in [1.54, 1.807) is 7.11 Å². The molecule has 150 valence electrons. The van der Waals surface area contributed by atoms with Crippen LogP contribution in [0.1, 0.15) is 63.0 Å². The first kappa shape index (κ1) is 20.9. The van der Waals surface area contributed by atoms with Gasteiger partial charge < -0.3 is 4.74 Å². The van der Waals surface area contributed by atoms with Crippen LogP contribution in [0.5, 0.6) is 0 Å². The van der Waals surface area contributed by atoms with Gasteiger partial charge in [-0.15, -0.1) is 0 Å². The zero-order valence-corrected chi connectivity index (χ0v) is 17.7. The second-order valence-corrected chi connectivity index (χ2v) is 8.38. The number of hydrogen-bond donors (Lipinski definition) is 0. The number of hydrogen-bond acceptors (Lipinski definition) is 1. The van der Waals surface area contributed by atoms with Crippen LogP contribution in [0.4, 0.5) is 0 Å². The quantitative estimate of drug-likeness (QED) is 0.323. The second kappa shape index (κ2) is 11.2. The summed E-state index contributed by atoms with van der Waals surface area (Å²) in [6.07, 6.45) is 15.7. The Morgan fingerprint density at radius 3 is 2.00 bits per heavy atom. The third kappa shape index (κ3) is 6.34. The van der Waals surface area contributed by atoms with Crippen molar-refractivity contribution in [3.05, 3.63) is 71.8 Å². The van der Waals surface area contributed by atoms with Gasteiger partial charge in [-0.25, -0.2) is 0 Å². The molecule has 0 heterocycles. The maximum absolute atomic E-state index is 5.19. The minimum absolute atomic E-state index is 0.677. The molecule has 0 aliphatic heterocycles. The number of ether oxygens (including phenoxy) is 1. The summed E-state index contributed by atoms with van der Waals surface area (Å²) in [6.45, 7) is 2.83. The van der Waals surface area contributed by atoms with Gasteiger partial charge in [-0.05, 0) is 79.5 Å². The lowest BCUT2D eigenvalue weighted by atomic mass is 9.79. The zero-order chi connectivity index (χ0) is 19.6. The summed E-state index contributed by atoms with van der Waals surface area (Å²) in [7, 11) is 1.74. The van der Waals surface area contributed by atoms with Crippen molar-refractivity contribution in [2.24, 2.45) is 11.8 Å². The van der Waals surface area contributed by atoms with E-state index in [-0.39, 0.29) is 0 Å². The van der Waals surface area contributed by atoms with E-state index in [0.29, 0.717) is 6.61 Å². The maximum atomic E-state index is 5.19. The van der Waals surface area contributed by atoms with Gasteiger partial charge in [-0.3, -0.25) is 0 Å². The Bertz CT molecular complexity index is 703. The summed E-state index contributed by atoms with van der Waals surface area (Å²) in [5.74, 6) is 1.83. The summed E-state index contributed by atoms with van der Waals surface area (Å²) >= 11 is 0. The molecular weight excluding hydrogens is 340 g/mol. The van der Waals surface area contributed by atoms with Gasteiger partial charge in [0.25, 0.3) is 0 Å². The van der Waals surface area contributed by atoms with E-state index in [2.05, 4.69) is 67.6 Å². The molecule has 0 unspecified atom stereocenters. The third-order valence-corrected chi connectivity index (χ3v) is 6.24. The van der Waals surface area contributed by atoms with Gasteiger partial charge in [0, 0.05) is 7.11 Å². The molecule has 1 heteroatoms. The highest BCUT2D eigenvalue weighted by atomic mass is 16.5. The van der Waals surface area contributed by atoms with Crippen LogP contribution in [0.15, 0.2) is 60.7 Å². The van der Waals surface area contributed by atoms with E-state index < -0.39 is 0 Å². The first-order valence-corrected chi connectivity index (χ1v) is 11.1. The van der Waals surface area contributed by atoms with E-state index in [0.717, 1.165) is 11.8 Å². The van der Waals surface area contributed by atoms with Gasteiger partial charge >= 0.3 is 0 Å². The van der Waals surface area contributed by atoms with Crippen LogP contribution in [0, 0.1) is 11.8 Å². The molecule has 1 saturated carbocycles. The fraction of sp³-hybridized carbons (Fsp3) is 0.481. The average Bonchev–Trinajstić information content (AvgIpc) is 2.74. The van der Waals surface area contributed by atoms with Crippen molar-refractivity contribution >= 4 is 0 Å². The number of methoxy groups -OCH3 is 1. The molecule has 1 aliphatic carbocycles. The van der Waals surface area contributed by atoms with Crippen molar-refractivity contribution in [1.29, 1.82) is 0 Å². The van der Waals surface area contributed by atoms with Crippen LogP contribution in [-0.2, 0) is 17.8 Å². The third-order valence-electron chi connectivity index (χ3n) is 6.24. The van der Waals surface area contributed by atoms with Crippen molar-refractivity contribution in [3.8, 4) is 11.1 Å². The molecule has 1 fully saturated rings. The molecule has 2 aromatic rings. The monoisotopic (exact) mass is 376 g/mol. The standard InChI is InChI=1S/C27H36O/c1-3-6-22-9-11-23(12-10-22)7-4-5-8-24-13-17-26(18-14-24)27-19-15-25(16-20-27)21-28-2/h3,6,13-20,22-23H,4-5,7-12,21H2,1-2H3/b6-3+. The van der Waals surface area contributed by atoms with E-state index in [1.165, 1.54) is 73.6 Å². The number of allylic oxidation sites excluding steroid dienone is 2. The van der Waals surface area contributed by atoms with Gasteiger partial charge in [0.05, 0.1) is 6.61 Å². The largest absolute Gasteiger partial charge is 0.380 e. The minimum atomic E-state index is 0.677. The fourth-order valence-electron chi connectivity index (χ4n) is 4.53. The predicted molar refractivity (Wildman–Crippen MR) is 120 cm³/mol. The van der Waals surface area contributed by atoms with Crippen molar-refractivity contribution < 1.29 is 4.74 Å². The second-order valence-electron chi connectivity index (χ2n) is 8.38. The Labute approximate surface area is 171 Å². The molecule has 0 atom stereocenters. The van der Waals surface area contributed by atoms with Crippen LogP contribution in [-0.4, -0.2) is 7.11 Å². The molecule has 0 radical (unpaired) electrons. The molecule has 3 rings (SSSR count). The van der Waals surface area contributed by atoms with Crippen LogP contribution in [0.2, 0.25) is 0 Å².